The molecule has 2 fully saturated rings. The van der Waals surface area contributed by atoms with Crippen LogP contribution in [-0.4, -0.2) is 120 Å². The number of aliphatic hydroxyl groups is 2. The molecule has 2 saturated heterocycles. The predicted molar refractivity (Wildman–Crippen MR) is 217 cm³/mol. The van der Waals surface area contributed by atoms with Crippen LogP contribution in [0, 0.1) is 5.41 Å². The van der Waals surface area contributed by atoms with Crippen LogP contribution in [0.4, 0.5) is 16.4 Å². The van der Waals surface area contributed by atoms with E-state index < -0.39 is 84.7 Å². The zero-order chi connectivity index (χ0) is 44.3. The van der Waals surface area contributed by atoms with Crippen molar-refractivity contribution in [1.29, 1.82) is 0 Å². The van der Waals surface area contributed by atoms with Crippen LogP contribution in [0.3, 0.4) is 0 Å². The molecule has 2 aromatic heterocycles. The molecule has 4 amide bonds. The Morgan fingerprint density at radius 3 is 2.44 bits per heavy atom. The van der Waals surface area contributed by atoms with Gasteiger partial charge in [-0.3, -0.25) is 28.8 Å². The second-order valence-corrected chi connectivity index (χ2v) is 16.4. The number of carbonyl (C=O) groups excluding carboxylic acids is 7. The summed E-state index contributed by atoms with van der Waals surface area (Å²) in [5.41, 5.74) is 5.03. The van der Waals surface area contributed by atoms with E-state index in [4.69, 9.17) is 15.2 Å². The molecule has 5 rings (SSSR count). The van der Waals surface area contributed by atoms with Gasteiger partial charge in [-0.2, -0.15) is 16.7 Å². The Hall–Kier alpha value is -6.20. The van der Waals surface area contributed by atoms with Gasteiger partial charge in [-0.05, 0) is 43.5 Å². The highest BCUT2D eigenvalue weighted by molar-refractivity contribution is 8.00. The van der Waals surface area contributed by atoms with E-state index in [1.54, 1.807) is 23.9 Å². The van der Waals surface area contributed by atoms with Crippen molar-refractivity contribution in [2.45, 2.75) is 94.8 Å². The number of aliphatic hydroxyl groups excluding tert-OH is 2. The number of unbranched alkanes of at least 4 members (excludes halogenated alkanes) is 1. The Bertz CT molecular complexity index is 2190. The van der Waals surface area contributed by atoms with Crippen LogP contribution >= 0.6 is 11.8 Å². The number of nitrogens with zero attached hydrogens (tertiary/aromatic N) is 3. The number of thioether (sulfide) groups is 1. The van der Waals surface area contributed by atoms with Crippen LogP contribution in [0.15, 0.2) is 35.3 Å². The number of hydrogen-bond acceptors (Lipinski definition) is 18. The molecule has 23 heteroatoms. The lowest BCUT2D eigenvalue weighted by Crippen LogP contribution is -2.46. The fraction of sp³-hybridized carbons (Fsp3) is 0.500. The number of benzene rings is 1. The first kappa shape index (κ1) is 45.9. The maximum Gasteiger partial charge on any atom is 0.336 e. The summed E-state index contributed by atoms with van der Waals surface area (Å²) >= 11 is 1.73. The molecule has 22 nitrogen and oxygen atoms in total. The van der Waals surface area contributed by atoms with Crippen LogP contribution in [0.2, 0.25) is 0 Å². The van der Waals surface area contributed by atoms with Gasteiger partial charge in [0.25, 0.3) is 5.91 Å². The Morgan fingerprint density at radius 1 is 0.984 bits per heavy atom. The standard InChI is InChI=1S/C38H48N10O12S/c1-38(2,18-49)30(53)34(56)40-14-13-27(52)59-26(51)12-11-22(35(57)60-25(50)6-4-3-5-24-28-23(17-61-24)45-37(58)46-28)44-32(54)19-7-9-20(10-8-19)41-15-21-16-42-31-29(43-21)33(55)48-36(39)47-31/h7-10,16,22-24,28,30,41,49,53H,3-6,11-15,17-18H2,1-2H3,(H,40,56)(H,44,54)(H2,45,46,58)(H3,39,42,47,48,55)/t22-,23-,24-,28-,30-/m0/s1. The summed E-state index contributed by atoms with van der Waals surface area (Å²) in [4.78, 5) is 115. The van der Waals surface area contributed by atoms with Crippen molar-refractivity contribution in [3.8, 4) is 0 Å². The second kappa shape index (κ2) is 20.9. The number of carbonyl (C=O) groups is 7. The van der Waals surface area contributed by atoms with E-state index in [0.29, 0.717) is 24.2 Å². The maximum atomic E-state index is 13.3. The van der Waals surface area contributed by atoms with Gasteiger partial charge in [0.1, 0.15) is 12.1 Å². The molecule has 0 bridgehead atoms. The number of ether oxygens (including phenoxy) is 2. The first-order valence-electron chi connectivity index (χ1n) is 19.4. The Labute approximate surface area is 352 Å². The minimum Gasteiger partial charge on any atom is -0.396 e. The summed E-state index contributed by atoms with van der Waals surface area (Å²) in [6.07, 6.45) is 0.0999. The van der Waals surface area contributed by atoms with Crippen molar-refractivity contribution < 1.29 is 53.2 Å². The van der Waals surface area contributed by atoms with Gasteiger partial charge >= 0.3 is 35.5 Å². The number of H-pyrrole nitrogens is 1. The van der Waals surface area contributed by atoms with Gasteiger partial charge < -0.3 is 57.0 Å². The van der Waals surface area contributed by atoms with Gasteiger partial charge in [0.05, 0.1) is 43.5 Å². The molecule has 328 valence electrons. The number of esters is 4. The van der Waals surface area contributed by atoms with E-state index in [-0.39, 0.29) is 65.6 Å². The van der Waals surface area contributed by atoms with Crippen molar-refractivity contribution >= 4 is 76.3 Å². The number of amides is 4. The lowest BCUT2D eigenvalue weighted by molar-refractivity contribution is -0.161. The van der Waals surface area contributed by atoms with Crippen molar-refractivity contribution in [3.63, 3.8) is 0 Å². The Balaban J connectivity index is 1.13. The number of nitrogen functional groups attached to an aromatic ring is 1. The van der Waals surface area contributed by atoms with E-state index in [1.807, 2.05) is 0 Å². The molecule has 0 radical (unpaired) electrons. The summed E-state index contributed by atoms with van der Waals surface area (Å²) in [5.74, 6) is -4.95. The lowest BCUT2D eigenvalue weighted by Gasteiger charge is -2.27. The van der Waals surface area contributed by atoms with E-state index in [9.17, 15) is 48.6 Å². The Morgan fingerprint density at radius 2 is 1.70 bits per heavy atom. The van der Waals surface area contributed by atoms with Gasteiger partial charge in [-0.15, -0.1) is 0 Å². The van der Waals surface area contributed by atoms with Crippen LogP contribution in [0.1, 0.15) is 74.8 Å². The van der Waals surface area contributed by atoms with E-state index in [1.165, 1.54) is 32.2 Å². The fourth-order valence-electron chi connectivity index (χ4n) is 6.29. The van der Waals surface area contributed by atoms with Crippen molar-refractivity contribution in [2.24, 2.45) is 5.41 Å². The number of hydrogen-bond donors (Lipinski definition) is 9. The molecular weight excluding hydrogens is 821 g/mol. The highest BCUT2D eigenvalue weighted by Crippen LogP contribution is 2.33. The molecule has 0 unspecified atom stereocenters. The third kappa shape index (κ3) is 12.9. The van der Waals surface area contributed by atoms with Gasteiger partial charge in [-0.1, -0.05) is 20.3 Å². The third-order valence-electron chi connectivity index (χ3n) is 9.87. The van der Waals surface area contributed by atoms with Crippen molar-refractivity contribution in [1.82, 2.24) is 41.2 Å². The molecule has 4 heterocycles. The second-order valence-electron chi connectivity index (χ2n) is 15.1. The van der Waals surface area contributed by atoms with Gasteiger partial charge in [-0.25, -0.2) is 19.6 Å². The van der Waals surface area contributed by atoms with Crippen molar-refractivity contribution in [3.05, 3.63) is 52.1 Å². The van der Waals surface area contributed by atoms with E-state index >= 15 is 0 Å². The SMILES string of the molecule is CC(C)(CO)[C@@H](O)C(=O)NCCC(=O)OC(=O)CC[C@H](NC(=O)c1ccc(NCc2cnc3[nH]c(N)nc(=O)c3n2)cc1)C(=O)OC(=O)CCCC[C@@H]1SC[C@@H]2NC(=O)N[C@@H]21. The largest absolute Gasteiger partial charge is 0.396 e. The highest BCUT2D eigenvalue weighted by atomic mass is 32.2. The minimum absolute atomic E-state index is 0.00660. The normalized spacial score (nSPS) is 17.9. The molecule has 2 aliphatic rings. The Kier molecular flexibility index (Phi) is 15.7. The first-order valence-corrected chi connectivity index (χ1v) is 20.5. The molecule has 0 aliphatic carbocycles. The van der Waals surface area contributed by atoms with Crippen LogP contribution in [-0.2, 0) is 40.0 Å². The summed E-state index contributed by atoms with van der Waals surface area (Å²) in [5, 5.41) is 33.3. The van der Waals surface area contributed by atoms with Crippen molar-refractivity contribution in [2.75, 3.05) is 30.0 Å². The van der Waals surface area contributed by atoms with Crippen LogP contribution in [0.25, 0.3) is 11.2 Å². The number of fused-ring (bicyclic) bond motifs is 2. The number of urea groups is 1. The molecule has 61 heavy (non-hydrogen) atoms. The smallest absolute Gasteiger partial charge is 0.336 e. The number of anilines is 2. The van der Waals surface area contributed by atoms with Crippen LogP contribution < -0.4 is 37.9 Å². The number of aromatic nitrogens is 4. The summed E-state index contributed by atoms with van der Waals surface area (Å²) < 4.78 is 9.85. The third-order valence-corrected chi connectivity index (χ3v) is 11.4. The molecule has 10 N–H and O–H groups in total. The topological polar surface area (TPSA) is 336 Å². The zero-order valence-electron chi connectivity index (χ0n) is 33.4. The molecule has 0 saturated carbocycles. The maximum absolute atomic E-state index is 13.3. The predicted octanol–water partition coefficient (Wildman–Crippen LogP) is -0.463. The molecule has 0 spiro atoms. The van der Waals surface area contributed by atoms with Crippen LogP contribution in [0.5, 0.6) is 0 Å². The van der Waals surface area contributed by atoms with E-state index in [0.717, 1.165) is 12.2 Å². The quantitative estimate of drug-likeness (QED) is 0.0300. The molecule has 3 aromatic rings. The lowest BCUT2D eigenvalue weighted by atomic mass is 9.87. The summed E-state index contributed by atoms with van der Waals surface area (Å²) in [7, 11) is 0. The molecule has 2 aliphatic heterocycles. The highest BCUT2D eigenvalue weighted by Gasteiger charge is 2.42. The zero-order valence-corrected chi connectivity index (χ0v) is 34.2. The number of nitrogens with two attached hydrogens (primary N) is 1. The molecular formula is C38H48N10O12S. The van der Waals surface area contributed by atoms with Gasteiger partial charge in [0.15, 0.2) is 11.2 Å². The minimum atomic E-state index is -1.56. The number of rotatable bonds is 20. The van der Waals surface area contributed by atoms with Gasteiger partial charge in [0.2, 0.25) is 11.9 Å². The monoisotopic (exact) mass is 868 g/mol. The fourth-order valence-corrected chi connectivity index (χ4v) is 7.84. The summed E-state index contributed by atoms with van der Waals surface area (Å²) in [6.45, 7) is 2.32. The average molecular weight is 869 g/mol. The number of aromatic amines is 1. The first-order chi connectivity index (χ1) is 29.0. The van der Waals surface area contributed by atoms with E-state index in [2.05, 4.69) is 46.5 Å². The molecule has 1 aromatic carbocycles. The van der Waals surface area contributed by atoms with Gasteiger partial charge in [0, 0.05) is 47.1 Å². The number of nitrogens with one attached hydrogen (secondary N) is 6. The average Bonchev–Trinajstić information content (AvgIpc) is 3.78. The molecule has 5 atom stereocenters. The summed E-state index contributed by atoms with van der Waals surface area (Å²) in [6, 6.07) is 4.38.